The molecule has 6 atom stereocenters. The summed E-state index contributed by atoms with van der Waals surface area (Å²) >= 11 is 15.0. The third-order valence-corrected chi connectivity index (χ3v) is 12.1. The Hall–Kier alpha value is -4.86. The van der Waals surface area contributed by atoms with Crippen LogP contribution >= 0.6 is 23.2 Å². The molecule has 4 aromatic carbocycles. The van der Waals surface area contributed by atoms with Gasteiger partial charge in [-0.25, -0.2) is 9.29 Å². The molecule has 2 saturated heterocycles. The molecule has 49 heavy (non-hydrogen) atoms. The van der Waals surface area contributed by atoms with Gasteiger partial charge in [0.25, 0.3) is 11.8 Å². The molecule has 2 aliphatic carbocycles. The molecule has 246 valence electrons. The topological polar surface area (TPSA) is 112 Å². The van der Waals surface area contributed by atoms with Crippen molar-refractivity contribution >= 4 is 74.8 Å². The van der Waals surface area contributed by atoms with Gasteiger partial charge in [0.2, 0.25) is 11.8 Å². The maximum Gasteiger partial charge on any atom is 0.258 e. The maximum absolute atomic E-state index is 14.7. The van der Waals surface area contributed by atoms with Crippen molar-refractivity contribution in [3.8, 4) is 5.75 Å². The number of amides is 4. The van der Waals surface area contributed by atoms with Crippen LogP contribution in [0.4, 0.5) is 15.8 Å². The lowest BCUT2D eigenvalue weighted by molar-refractivity contribution is -0.125. The Kier molecular flexibility index (Phi) is 6.94. The minimum absolute atomic E-state index is 0.0638. The molecule has 0 radical (unpaired) electrons. The number of nitrogens with zero attached hydrogens (tertiary/aromatic N) is 2. The standard InChI is InChI=1S/C38H27Cl2FN2O6/c1-19(44)20-6-11-23(12-7-20)42-33(46)27-16-15-26-28(30(27)34(42)47)18-37(39)35(48)43(24-13-9-22(41)10-14-24)36(49)38(37,40)32(26)31-25-5-3-2-4-21(25)8-17-29(31)45/h2-15,17,27-28,30,32,45H,16,18H2,1H3. The van der Waals surface area contributed by atoms with Crippen LogP contribution < -0.4 is 9.80 Å². The summed E-state index contributed by atoms with van der Waals surface area (Å²) in [5.41, 5.74) is 1.58. The first-order chi connectivity index (χ1) is 23.4. The lowest BCUT2D eigenvalue weighted by Crippen LogP contribution is -2.60. The average Bonchev–Trinajstić information content (AvgIpc) is 3.43. The Morgan fingerprint density at radius 2 is 1.47 bits per heavy atom. The van der Waals surface area contributed by atoms with Crippen LogP contribution in [0, 0.1) is 23.6 Å². The number of ketones is 1. The fraction of sp³-hybridized carbons (Fsp3) is 0.237. The van der Waals surface area contributed by atoms with Gasteiger partial charge in [-0.1, -0.05) is 42.0 Å². The van der Waals surface area contributed by atoms with Gasteiger partial charge >= 0.3 is 0 Å². The van der Waals surface area contributed by atoms with E-state index in [2.05, 4.69) is 0 Å². The molecule has 3 fully saturated rings. The van der Waals surface area contributed by atoms with Crippen molar-refractivity contribution in [3.63, 3.8) is 0 Å². The summed E-state index contributed by atoms with van der Waals surface area (Å²) in [6.07, 6.45) is 1.67. The number of imide groups is 2. The van der Waals surface area contributed by atoms with Crippen molar-refractivity contribution in [2.45, 2.75) is 35.4 Å². The van der Waals surface area contributed by atoms with Gasteiger partial charge in [0.1, 0.15) is 11.6 Å². The Morgan fingerprint density at radius 3 is 2.16 bits per heavy atom. The fourth-order valence-corrected chi connectivity index (χ4v) is 9.32. The first-order valence-electron chi connectivity index (χ1n) is 15.8. The number of carbonyl (C=O) groups excluding carboxylic acids is 5. The van der Waals surface area contributed by atoms with Crippen LogP contribution in [0.15, 0.2) is 96.6 Å². The van der Waals surface area contributed by atoms with E-state index in [1.807, 2.05) is 12.1 Å². The van der Waals surface area contributed by atoms with Crippen LogP contribution in [-0.2, 0) is 19.2 Å². The molecule has 1 saturated carbocycles. The van der Waals surface area contributed by atoms with Crippen molar-refractivity contribution in [1.29, 1.82) is 0 Å². The number of aromatic hydroxyl groups is 1. The summed E-state index contributed by atoms with van der Waals surface area (Å²) in [4.78, 5) is 67.0. The molecule has 1 N–H and O–H groups in total. The summed E-state index contributed by atoms with van der Waals surface area (Å²) in [5, 5.41) is 12.8. The smallest absolute Gasteiger partial charge is 0.258 e. The largest absolute Gasteiger partial charge is 0.508 e. The molecule has 4 amide bonds. The molecule has 2 aliphatic heterocycles. The van der Waals surface area contributed by atoms with Crippen LogP contribution in [0.25, 0.3) is 10.8 Å². The van der Waals surface area contributed by atoms with E-state index >= 15 is 0 Å². The second-order valence-corrected chi connectivity index (χ2v) is 14.3. The van der Waals surface area contributed by atoms with Gasteiger partial charge in [-0.3, -0.25) is 28.9 Å². The lowest BCUT2D eigenvalue weighted by Gasteiger charge is -2.51. The second-order valence-electron chi connectivity index (χ2n) is 13.1. The van der Waals surface area contributed by atoms with Crippen molar-refractivity contribution in [2.24, 2.45) is 17.8 Å². The van der Waals surface area contributed by atoms with Crippen LogP contribution in [0.5, 0.6) is 5.75 Å². The van der Waals surface area contributed by atoms with E-state index in [0.29, 0.717) is 22.2 Å². The zero-order valence-corrected chi connectivity index (χ0v) is 27.4. The first kappa shape index (κ1) is 31.4. The number of fused-ring (bicyclic) bond motifs is 5. The minimum Gasteiger partial charge on any atom is -0.508 e. The molecule has 4 aromatic rings. The number of phenols is 1. The number of benzene rings is 4. The summed E-state index contributed by atoms with van der Waals surface area (Å²) in [7, 11) is 0. The van der Waals surface area contributed by atoms with E-state index < -0.39 is 62.9 Å². The van der Waals surface area contributed by atoms with Gasteiger partial charge in [-0.05, 0) is 91.1 Å². The zero-order valence-electron chi connectivity index (χ0n) is 25.9. The van der Waals surface area contributed by atoms with Crippen LogP contribution in [-0.4, -0.2) is 44.3 Å². The van der Waals surface area contributed by atoms with Gasteiger partial charge in [0.15, 0.2) is 15.5 Å². The average molecular weight is 698 g/mol. The van der Waals surface area contributed by atoms with Gasteiger partial charge in [0.05, 0.1) is 23.2 Å². The van der Waals surface area contributed by atoms with Gasteiger partial charge in [-0.15, -0.1) is 23.2 Å². The number of Topliss-reactive ketones (excluding diaryl/α,β-unsaturated/α-hetero) is 1. The highest BCUT2D eigenvalue weighted by Crippen LogP contribution is 2.67. The number of hydrogen-bond acceptors (Lipinski definition) is 6. The molecule has 8 nitrogen and oxygen atoms in total. The lowest BCUT2D eigenvalue weighted by atomic mass is 9.56. The molecule has 11 heteroatoms. The second kappa shape index (κ2) is 10.8. The quantitative estimate of drug-likeness (QED) is 0.111. The fourth-order valence-electron chi connectivity index (χ4n) is 8.40. The Labute approximate surface area is 289 Å². The number of alkyl halides is 2. The van der Waals surface area contributed by atoms with Crippen LogP contribution in [0.1, 0.15) is 41.6 Å². The molecule has 4 aliphatic rings. The van der Waals surface area contributed by atoms with Crippen molar-refractivity contribution < 1.29 is 33.5 Å². The Morgan fingerprint density at radius 1 is 0.816 bits per heavy atom. The first-order valence-corrected chi connectivity index (χ1v) is 16.6. The predicted molar refractivity (Wildman–Crippen MR) is 181 cm³/mol. The molecular formula is C38H27Cl2FN2O6. The number of halogens is 3. The molecule has 0 spiro atoms. The number of hydrogen-bond donors (Lipinski definition) is 1. The van der Waals surface area contributed by atoms with Crippen LogP contribution in [0.2, 0.25) is 0 Å². The van der Waals surface area contributed by atoms with Gasteiger partial charge in [-0.2, -0.15) is 0 Å². The SMILES string of the molecule is CC(=O)c1ccc(N2C(=O)C3CC=C4C(CC5(Cl)C(=O)N(c6ccc(F)cc6)C(=O)C5(Cl)C4c4c(O)ccc5ccccc45)C3C2=O)cc1. The summed E-state index contributed by atoms with van der Waals surface area (Å²) in [5.74, 6) is -7.34. The van der Waals surface area contributed by atoms with Crippen LogP contribution in [0.3, 0.4) is 0 Å². The predicted octanol–water partition coefficient (Wildman–Crippen LogP) is 6.66. The molecule has 2 heterocycles. The highest BCUT2D eigenvalue weighted by atomic mass is 35.5. The summed E-state index contributed by atoms with van der Waals surface area (Å²) in [6.45, 7) is 1.42. The highest BCUT2D eigenvalue weighted by molar-refractivity contribution is 6.58. The molecule has 0 aromatic heterocycles. The summed E-state index contributed by atoms with van der Waals surface area (Å²) in [6, 6.07) is 21.4. The van der Waals surface area contributed by atoms with E-state index in [1.165, 1.54) is 25.1 Å². The van der Waals surface area contributed by atoms with E-state index in [1.54, 1.807) is 48.5 Å². The number of phenolic OH excluding ortho intramolecular Hbond substituents is 1. The number of anilines is 2. The normalized spacial score (nSPS) is 29.2. The third kappa shape index (κ3) is 4.18. The van der Waals surface area contributed by atoms with E-state index in [4.69, 9.17) is 23.2 Å². The van der Waals surface area contributed by atoms with Gasteiger partial charge in [0, 0.05) is 17.0 Å². The number of allylic oxidation sites excluding steroid dienone is 2. The zero-order chi connectivity index (χ0) is 34.6. The van der Waals surface area contributed by atoms with E-state index in [0.717, 1.165) is 27.3 Å². The van der Waals surface area contributed by atoms with E-state index in [-0.39, 0.29) is 35.6 Å². The Bertz CT molecular complexity index is 2190. The van der Waals surface area contributed by atoms with Crippen molar-refractivity contribution in [1.82, 2.24) is 0 Å². The monoisotopic (exact) mass is 696 g/mol. The molecule has 8 rings (SSSR count). The highest BCUT2D eigenvalue weighted by Gasteiger charge is 2.77. The molecule has 6 unspecified atom stereocenters. The molecule has 0 bridgehead atoms. The third-order valence-electron chi connectivity index (χ3n) is 10.7. The summed E-state index contributed by atoms with van der Waals surface area (Å²) < 4.78 is 13.9. The Balaban J connectivity index is 1.32. The van der Waals surface area contributed by atoms with Crippen molar-refractivity contribution in [2.75, 3.05) is 9.80 Å². The minimum atomic E-state index is -2.19. The number of rotatable bonds is 4. The maximum atomic E-state index is 14.7. The number of carbonyl (C=O) groups is 5. The van der Waals surface area contributed by atoms with Gasteiger partial charge < -0.3 is 5.11 Å². The van der Waals surface area contributed by atoms with E-state index in [9.17, 15) is 33.5 Å². The van der Waals surface area contributed by atoms with Crippen molar-refractivity contribution in [3.05, 3.63) is 114 Å². The molecular weight excluding hydrogens is 670 g/mol.